The molecule has 0 heterocycles. The van der Waals surface area contributed by atoms with Gasteiger partial charge in [0.1, 0.15) is 12.2 Å². The number of esters is 1. The molecule has 4 nitrogen and oxygen atoms in total. The van der Waals surface area contributed by atoms with Gasteiger partial charge in [-0.3, -0.25) is 4.79 Å². The van der Waals surface area contributed by atoms with E-state index < -0.39 is 12.2 Å². The summed E-state index contributed by atoms with van der Waals surface area (Å²) in [5.41, 5.74) is 4.50. The van der Waals surface area contributed by atoms with Crippen molar-refractivity contribution in [1.29, 1.82) is 0 Å². The Hall–Kier alpha value is -1.13. The van der Waals surface area contributed by atoms with Crippen LogP contribution in [0.4, 0.5) is 0 Å². The molecule has 2 fully saturated rings. The summed E-state index contributed by atoms with van der Waals surface area (Å²) in [5, 5.41) is 22.2. The third-order valence-corrected chi connectivity index (χ3v) is 12.7. The van der Waals surface area contributed by atoms with Crippen molar-refractivity contribution in [3.63, 3.8) is 0 Å². The van der Waals surface area contributed by atoms with Gasteiger partial charge < -0.3 is 14.9 Å². The largest absolute Gasteiger partial charge is 0.459 e. The summed E-state index contributed by atoms with van der Waals surface area (Å²) in [6.07, 6.45) is 7.16. The molecule has 9 unspecified atom stereocenters. The summed E-state index contributed by atoms with van der Waals surface area (Å²) in [4.78, 5) is 12.1. The molecule has 2 saturated carbocycles. The molecule has 0 amide bonds. The van der Waals surface area contributed by atoms with E-state index in [0.29, 0.717) is 11.8 Å². The van der Waals surface area contributed by atoms with Crippen molar-refractivity contribution in [2.45, 2.75) is 132 Å². The molecule has 0 bridgehead atoms. The molecule has 2 N–H and O–H groups in total. The predicted molar refractivity (Wildman–Crippen MR) is 150 cm³/mol. The second kappa shape index (κ2) is 9.51. The molecule has 37 heavy (non-hydrogen) atoms. The molecule has 4 heteroatoms. The highest BCUT2D eigenvalue weighted by Gasteiger charge is 2.64. The summed E-state index contributed by atoms with van der Waals surface area (Å²) in [6, 6.07) is 0. The highest BCUT2D eigenvalue weighted by Crippen LogP contribution is 2.72. The van der Waals surface area contributed by atoms with Crippen LogP contribution < -0.4 is 0 Å². The first-order valence-corrected chi connectivity index (χ1v) is 15.0. The molecule has 0 aromatic rings. The van der Waals surface area contributed by atoms with Crippen LogP contribution in [0.1, 0.15) is 114 Å². The van der Waals surface area contributed by atoms with Crippen molar-refractivity contribution >= 4 is 5.97 Å². The van der Waals surface area contributed by atoms with Gasteiger partial charge >= 0.3 is 5.97 Å². The Morgan fingerprint density at radius 3 is 2.22 bits per heavy atom. The average molecular weight is 515 g/mol. The topological polar surface area (TPSA) is 66.8 Å². The smallest absolute Gasteiger partial charge is 0.303 e. The predicted octanol–water partition coefficient (Wildman–Crippen LogP) is 7.24. The Morgan fingerprint density at radius 1 is 0.973 bits per heavy atom. The van der Waals surface area contributed by atoms with Crippen LogP contribution in [0.25, 0.3) is 0 Å². The Bertz CT molecular complexity index is 961. The maximum absolute atomic E-state index is 12.1. The van der Waals surface area contributed by atoms with Crippen LogP contribution in [0.15, 0.2) is 23.3 Å². The first kappa shape index (κ1) is 28.9. The van der Waals surface area contributed by atoms with Gasteiger partial charge in [0.15, 0.2) is 0 Å². The fourth-order valence-corrected chi connectivity index (χ4v) is 9.99. The van der Waals surface area contributed by atoms with E-state index in [1.807, 2.05) is 13.8 Å². The van der Waals surface area contributed by atoms with E-state index in [9.17, 15) is 15.0 Å². The molecule has 0 spiro atoms. The molecule has 9 atom stereocenters. The number of hydrogen-bond acceptors (Lipinski definition) is 4. The molecular weight excluding hydrogens is 460 g/mol. The van der Waals surface area contributed by atoms with Crippen molar-refractivity contribution in [1.82, 2.24) is 0 Å². The van der Waals surface area contributed by atoms with E-state index >= 15 is 0 Å². The number of allylic oxidation sites excluding steroid dienone is 2. The normalized spacial score (nSPS) is 41.4. The zero-order chi connectivity index (χ0) is 27.7. The van der Waals surface area contributed by atoms with Gasteiger partial charge in [-0.05, 0) is 102 Å². The number of hydrogen-bond donors (Lipinski definition) is 2. The SMILES string of the molecule is C=C(C(C)C)C(O)C(OC(C)=O)C(C)C1CCC2(C)C3=C(CCC12C)C1(C)CCC(O)C(C)(C)C1CC3. The molecule has 4 aliphatic carbocycles. The first-order valence-electron chi connectivity index (χ1n) is 15.0. The van der Waals surface area contributed by atoms with Crippen LogP contribution in [0.2, 0.25) is 0 Å². The number of rotatable bonds is 6. The van der Waals surface area contributed by atoms with Gasteiger partial charge in [0.05, 0.1) is 6.10 Å². The maximum Gasteiger partial charge on any atom is 0.303 e. The van der Waals surface area contributed by atoms with Gasteiger partial charge in [-0.2, -0.15) is 0 Å². The van der Waals surface area contributed by atoms with E-state index in [4.69, 9.17) is 4.74 Å². The highest BCUT2D eigenvalue weighted by atomic mass is 16.6. The number of fused-ring (bicyclic) bond motifs is 4. The van der Waals surface area contributed by atoms with Crippen LogP contribution in [-0.4, -0.2) is 34.5 Å². The van der Waals surface area contributed by atoms with Crippen molar-refractivity contribution in [3.05, 3.63) is 23.3 Å². The lowest BCUT2D eigenvalue weighted by Gasteiger charge is -2.62. The van der Waals surface area contributed by atoms with Crippen LogP contribution in [0.3, 0.4) is 0 Å². The molecule has 0 saturated heterocycles. The zero-order valence-corrected chi connectivity index (χ0v) is 25.1. The number of carbonyl (C=O) groups is 1. The Kier molecular flexibility index (Phi) is 7.42. The molecule has 4 aliphatic rings. The van der Waals surface area contributed by atoms with Gasteiger partial charge in [0.25, 0.3) is 0 Å². The van der Waals surface area contributed by atoms with E-state index in [0.717, 1.165) is 56.9 Å². The molecule has 4 rings (SSSR count). The van der Waals surface area contributed by atoms with Gasteiger partial charge in [-0.25, -0.2) is 0 Å². The molecule has 210 valence electrons. The number of carbonyl (C=O) groups excluding carboxylic acids is 1. The Morgan fingerprint density at radius 2 is 1.62 bits per heavy atom. The van der Waals surface area contributed by atoms with Crippen LogP contribution >= 0.6 is 0 Å². The molecule has 0 aromatic carbocycles. The summed E-state index contributed by atoms with van der Waals surface area (Å²) in [7, 11) is 0. The number of ether oxygens (including phenoxy) is 1. The maximum atomic E-state index is 12.1. The first-order chi connectivity index (χ1) is 17.0. The average Bonchev–Trinajstić information content (AvgIpc) is 3.10. The van der Waals surface area contributed by atoms with Crippen molar-refractivity contribution in [2.75, 3.05) is 0 Å². The third-order valence-electron chi connectivity index (χ3n) is 12.7. The highest BCUT2D eigenvalue weighted by molar-refractivity contribution is 5.66. The summed E-state index contributed by atoms with van der Waals surface area (Å²) in [6.45, 7) is 24.0. The van der Waals surface area contributed by atoms with Gasteiger partial charge in [0.2, 0.25) is 0 Å². The van der Waals surface area contributed by atoms with Crippen molar-refractivity contribution in [3.8, 4) is 0 Å². The summed E-state index contributed by atoms with van der Waals surface area (Å²) >= 11 is 0. The summed E-state index contributed by atoms with van der Waals surface area (Å²) < 4.78 is 5.86. The standard InChI is InChI=1S/C33H54O4/c1-19(2)20(3)28(36)29(37-22(5)34)21(4)23-13-17-33(10)25-11-12-26-30(6,7)27(35)15-16-31(26,8)24(25)14-18-32(23,33)9/h19,21,23,26-29,35-36H,3,11-18H2,1-2,4-10H3. The minimum Gasteiger partial charge on any atom is -0.459 e. The lowest BCUT2D eigenvalue weighted by Crippen LogP contribution is -2.55. The third kappa shape index (κ3) is 4.19. The van der Waals surface area contributed by atoms with Gasteiger partial charge in [0, 0.05) is 6.92 Å². The van der Waals surface area contributed by atoms with Crippen LogP contribution in [0, 0.1) is 45.3 Å². The molecular formula is C33H54O4. The van der Waals surface area contributed by atoms with E-state index in [-0.39, 0.29) is 45.6 Å². The molecule has 0 radical (unpaired) electrons. The van der Waals surface area contributed by atoms with Crippen molar-refractivity contribution in [2.24, 2.45) is 45.3 Å². The van der Waals surface area contributed by atoms with E-state index in [1.54, 1.807) is 11.1 Å². The van der Waals surface area contributed by atoms with Crippen LogP contribution in [-0.2, 0) is 9.53 Å². The lowest BCUT2D eigenvalue weighted by atomic mass is 9.43. The Balaban J connectivity index is 1.69. The second-order valence-corrected chi connectivity index (χ2v) is 14.8. The quantitative estimate of drug-likeness (QED) is 0.290. The van der Waals surface area contributed by atoms with Crippen molar-refractivity contribution < 1.29 is 19.7 Å². The minimum atomic E-state index is -0.849. The van der Waals surface area contributed by atoms with Gasteiger partial charge in [-0.15, -0.1) is 0 Å². The molecule has 0 aromatic heterocycles. The zero-order valence-electron chi connectivity index (χ0n) is 25.1. The molecule has 0 aliphatic heterocycles. The second-order valence-electron chi connectivity index (χ2n) is 14.8. The fraction of sp³-hybridized carbons (Fsp3) is 0.848. The van der Waals surface area contributed by atoms with E-state index in [2.05, 4.69) is 48.1 Å². The monoisotopic (exact) mass is 514 g/mol. The fourth-order valence-electron chi connectivity index (χ4n) is 9.99. The van der Waals surface area contributed by atoms with E-state index in [1.165, 1.54) is 6.92 Å². The van der Waals surface area contributed by atoms with Gasteiger partial charge in [-0.1, -0.05) is 73.1 Å². The summed E-state index contributed by atoms with van der Waals surface area (Å²) in [5.74, 6) is 0.721. The number of aliphatic hydroxyl groups is 2. The Labute approximate surface area is 226 Å². The van der Waals surface area contributed by atoms with Crippen LogP contribution in [0.5, 0.6) is 0 Å². The number of aliphatic hydroxyl groups excluding tert-OH is 2. The minimum absolute atomic E-state index is 0.0408. The lowest BCUT2D eigenvalue weighted by molar-refractivity contribution is -0.159.